The summed E-state index contributed by atoms with van der Waals surface area (Å²) in [5, 5.41) is 21.1. The summed E-state index contributed by atoms with van der Waals surface area (Å²) in [7, 11) is 0. The SMILES string of the molecule is CCCCCCCCCCCC(=O)Nc1ccc(O)c(C(=O)O)c1. The van der Waals surface area contributed by atoms with Gasteiger partial charge in [-0.15, -0.1) is 0 Å². The molecule has 0 saturated heterocycles. The van der Waals surface area contributed by atoms with Gasteiger partial charge in [0.2, 0.25) is 5.91 Å². The van der Waals surface area contributed by atoms with Gasteiger partial charge < -0.3 is 15.5 Å². The highest BCUT2D eigenvalue weighted by Gasteiger charge is 2.11. The van der Waals surface area contributed by atoms with Crippen LogP contribution in [-0.4, -0.2) is 22.1 Å². The number of carbonyl (C=O) groups is 2. The quantitative estimate of drug-likeness (QED) is 0.372. The van der Waals surface area contributed by atoms with E-state index in [1.165, 1.54) is 56.7 Å². The van der Waals surface area contributed by atoms with Gasteiger partial charge in [0, 0.05) is 12.1 Å². The number of aromatic hydroxyl groups is 1. The van der Waals surface area contributed by atoms with E-state index in [0.29, 0.717) is 12.1 Å². The highest BCUT2D eigenvalue weighted by molar-refractivity contribution is 5.95. The number of carbonyl (C=O) groups excluding carboxylic acids is 1. The third-order valence-electron chi connectivity index (χ3n) is 4.02. The number of carboxylic acids is 1. The standard InChI is InChI=1S/C19H29NO4/c1-2-3-4-5-6-7-8-9-10-11-18(22)20-15-12-13-17(21)16(14-15)19(23)24/h12-14,21H,2-11H2,1H3,(H,20,22)(H,23,24). The number of aromatic carboxylic acids is 1. The number of unbranched alkanes of at least 4 members (excludes halogenated alkanes) is 8. The van der Waals surface area contributed by atoms with Crippen molar-refractivity contribution >= 4 is 17.6 Å². The molecule has 0 atom stereocenters. The molecule has 5 heteroatoms. The minimum absolute atomic E-state index is 0.125. The molecule has 0 saturated carbocycles. The molecule has 3 N–H and O–H groups in total. The number of anilines is 1. The number of benzene rings is 1. The number of amides is 1. The van der Waals surface area contributed by atoms with Crippen LogP contribution in [0.3, 0.4) is 0 Å². The fraction of sp³-hybridized carbons (Fsp3) is 0.579. The first-order valence-corrected chi connectivity index (χ1v) is 8.90. The van der Waals surface area contributed by atoms with Crippen LogP contribution < -0.4 is 5.32 Å². The second-order valence-electron chi connectivity index (χ2n) is 6.16. The van der Waals surface area contributed by atoms with Crippen LogP contribution in [0.1, 0.15) is 81.5 Å². The van der Waals surface area contributed by atoms with Gasteiger partial charge in [0.25, 0.3) is 0 Å². The molecule has 5 nitrogen and oxygen atoms in total. The number of hydrogen-bond acceptors (Lipinski definition) is 3. The lowest BCUT2D eigenvalue weighted by Gasteiger charge is -2.07. The van der Waals surface area contributed by atoms with Crippen LogP contribution in [0, 0.1) is 0 Å². The molecule has 0 spiro atoms. The second kappa shape index (κ2) is 11.5. The van der Waals surface area contributed by atoms with Gasteiger partial charge in [-0.3, -0.25) is 4.79 Å². The molecule has 0 unspecified atom stereocenters. The first-order valence-electron chi connectivity index (χ1n) is 8.90. The zero-order chi connectivity index (χ0) is 17.8. The maximum absolute atomic E-state index is 11.9. The van der Waals surface area contributed by atoms with Crippen molar-refractivity contribution in [2.24, 2.45) is 0 Å². The molecule has 1 aromatic rings. The van der Waals surface area contributed by atoms with Gasteiger partial charge in [-0.2, -0.15) is 0 Å². The molecule has 0 bridgehead atoms. The zero-order valence-electron chi connectivity index (χ0n) is 14.5. The molecule has 134 valence electrons. The van der Waals surface area contributed by atoms with Crippen molar-refractivity contribution in [2.75, 3.05) is 5.32 Å². The summed E-state index contributed by atoms with van der Waals surface area (Å²) in [4.78, 5) is 22.8. The summed E-state index contributed by atoms with van der Waals surface area (Å²) in [6, 6.07) is 4.04. The molecule has 0 aromatic heterocycles. The number of phenols is 1. The van der Waals surface area contributed by atoms with Gasteiger partial charge >= 0.3 is 5.97 Å². The third-order valence-corrected chi connectivity index (χ3v) is 4.02. The van der Waals surface area contributed by atoms with Gasteiger partial charge in [0.1, 0.15) is 11.3 Å². The van der Waals surface area contributed by atoms with Gasteiger partial charge in [-0.1, -0.05) is 58.3 Å². The van der Waals surface area contributed by atoms with E-state index in [1.54, 1.807) is 0 Å². The Bertz CT molecular complexity index is 528. The van der Waals surface area contributed by atoms with E-state index in [9.17, 15) is 14.7 Å². The third kappa shape index (κ3) is 7.99. The van der Waals surface area contributed by atoms with Crippen LogP contribution in [0.25, 0.3) is 0 Å². The first kappa shape index (κ1) is 20.0. The van der Waals surface area contributed by atoms with E-state index in [0.717, 1.165) is 19.3 Å². The Morgan fingerprint density at radius 1 is 0.958 bits per heavy atom. The Labute approximate surface area is 144 Å². The molecule has 0 fully saturated rings. The summed E-state index contributed by atoms with van der Waals surface area (Å²) in [5.74, 6) is -1.65. The van der Waals surface area contributed by atoms with Crippen LogP contribution in [-0.2, 0) is 4.79 Å². The highest BCUT2D eigenvalue weighted by atomic mass is 16.4. The number of hydrogen-bond donors (Lipinski definition) is 3. The lowest BCUT2D eigenvalue weighted by atomic mass is 10.1. The Hall–Kier alpha value is -2.04. The summed E-state index contributed by atoms with van der Waals surface area (Å²) in [6.45, 7) is 2.21. The predicted molar refractivity (Wildman–Crippen MR) is 95.5 cm³/mol. The Kier molecular flexibility index (Phi) is 9.58. The van der Waals surface area contributed by atoms with Gasteiger partial charge in [0.05, 0.1) is 0 Å². The van der Waals surface area contributed by atoms with E-state index >= 15 is 0 Å². The summed E-state index contributed by atoms with van der Waals surface area (Å²) in [6.07, 6.45) is 11.2. The molecule has 0 heterocycles. The Morgan fingerprint density at radius 2 is 1.54 bits per heavy atom. The van der Waals surface area contributed by atoms with Crippen molar-refractivity contribution in [3.05, 3.63) is 23.8 Å². The van der Waals surface area contributed by atoms with E-state index in [1.807, 2.05) is 0 Å². The van der Waals surface area contributed by atoms with Gasteiger partial charge in [0.15, 0.2) is 0 Å². The maximum atomic E-state index is 11.9. The van der Waals surface area contributed by atoms with E-state index < -0.39 is 5.97 Å². The van der Waals surface area contributed by atoms with E-state index in [4.69, 9.17) is 5.11 Å². The minimum atomic E-state index is -1.22. The lowest BCUT2D eigenvalue weighted by Crippen LogP contribution is -2.11. The van der Waals surface area contributed by atoms with Crippen molar-refractivity contribution in [2.45, 2.75) is 71.1 Å². The summed E-state index contributed by atoms with van der Waals surface area (Å²) < 4.78 is 0. The number of nitrogens with one attached hydrogen (secondary N) is 1. The fourth-order valence-corrected chi connectivity index (χ4v) is 2.60. The summed E-state index contributed by atoms with van der Waals surface area (Å²) in [5.41, 5.74) is 0.182. The Balaban J connectivity index is 2.18. The van der Waals surface area contributed by atoms with Gasteiger partial charge in [-0.25, -0.2) is 4.79 Å². The number of carboxylic acid groups (broad SMARTS) is 1. The monoisotopic (exact) mass is 335 g/mol. The van der Waals surface area contributed by atoms with Crippen molar-refractivity contribution in [1.29, 1.82) is 0 Å². The molecule has 1 amide bonds. The maximum Gasteiger partial charge on any atom is 0.339 e. The van der Waals surface area contributed by atoms with Crippen molar-refractivity contribution < 1.29 is 19.8 Å². The van der Waals surface area contributed by atoms with Crippen LogP contribution in [0.4, 0.5) is 5.69 Å². The second-order valence-corrected chi connectivity index (χ2v) is 6.16. The number of rotatable bonds is 12. The largest absolute Gasteiger partial charge is 0.507 e. The average Bonchev–Trinajstić information content (AvgIpc) is 2.55. The van der Waals surface area contributed by atoms with Gasteiger partial charge in [-0.05, 0) is 24.6 Å². The van der Waals surface area contributed by atoms with E-state index in [2.05, 4.69) is 12.2 Å². The molecule has 0 radical (unpaired) electrons. The van der Waals surface area contributed by atoms with E-state index in [-0.39, 0.29) is 17.2 Å². The Morgan fingerprint density at radius 3 is 2.12 bits per heavy atom. The van der Waals surface area contributed by atoms with Crippen molar-refractivity contribution in [1.82, 2.24) is 0 Å². The smallest absolute Gasteiger partial charge is 0.339 e. The molecule has 0 aliphatic carbocycles. The normalized spacial score (nSPS) is 10.5. The minimum Gasteiger partial charge on any atom is -0.507 e. The predicted octanol–water partition coefficient (Wildman–Crippen LogP) is 4.95. The molecule has 0 aliphatic rings. The van der Waals surface area contributed by atoms with Crippen LogP contribution in [0.15, 0.2) is 18.2 Å². The fourth-order valence-electron chi connectivity index (χ4n) is 2.60. The molecular weight excluding hydrogens is 306 g/mol. The lowest BCUT2D eigenvalue weighted by molar-refractivity contribution is -0.116. The summed E-state index contributed by atoms with van der Waals surface area (Å²) >= 11 is 0. The molecule has 1 aromatic carbocycles. The average molecular weight is 335 g/mol. The first-order chi connectivity index (χ1) is 11.5. The van der Waals surface area contributed by atoms with Crippen LogP contribution in [0.5, 0.6) is 5.75 Å². The highest BCUT2D eigenvalue weighted by Crippen LogP contribution is 2.21. The molecule has 0 aliphatic heterocycles. The van der Waals surface area contributed by atoms with Crippen LogP contribution in [0.2, 0.25) is 0 Å². The topological polar surface area (TPSA) is 86.6 Å². The molecule has 1 rings (SSSR count). The van der Waals surface area contributed by atoms with Crippen LogP contribution >= 0.6 is 0 Å². The molecular formula is C19H29NO4. The van der Waals surface area contributed by atoms with Crippen molar-refractivity contribution in [3.63, 3.8) is 0 Å². The zero-order valence-corrected chi connectivity index (χ0v) is 14.5. The molecule has 24 heavy (non-hydrogen) atoms. The van der Waals surface area contributed by atoms with Crippen molar-refractivity contribution in [3.8, 4) is 5.75 Å².